The van der Waals surface area contributed by atoms with E-state index in [2.05, 4.69) is 25.8 Å². The molecule has 2 rings (SSSR count). The summed E-state index contributed by atoms with van der Waals surface area (Å²) in [6, 6.07) is 4.04. The van der Waals surface area contributed by atoms with Gasteiger partial charge in [0.2, 0.25) is 5.95 Å². The lowest BCUT2D eigenvalue weighted by Crippen LogP contribution is -2.13. The summed E-state index contributed by atoms with van der Waals surface area (Å²) >= 11 is 0. The van der Waals surface area contributed by atoms with E-state index in [0.29, 0.717) is 24.4 Å². The summed E-state index contributed by atoms with van der Waals surface area (Å²) in [7, 11) is 0. The Morgan fingerprint density at radius 1 is 1.41 bits per heavy atom. The minimum atomic E-state index is 0.310. The zero-order chi connectivity index (χ0) is 12.1. The van der Waals surface area contributed by atoms with Crippen molar-refractivity contribution in [1.82, 2.24) is 15.2 Å². The summed E-state index contributed by atoms with van der Waals surface area (Å²) in [4.78, 5) is 4.27. The molecule has 0 aliphatic heterocycles. The normalized spacial score (nSPS) is 10.5. The van der Waals surface area contributed by atoms with Crippen LogP contribution in [0, 0.1) is 0 Å². The van der Waals surface area contributed by atoms with E-state index in [0.717, 1.165) is 5.76 Å². The fourth-order valence-electron chi connectivity index (χ4n) is 1.32. The molecule has 2 aromatic heterocycles. The Bertz CT molecular complexity index is 455. The van der Waals surface area contributed by atoms with Gasteiger partial charge in [-0.1, -0.05) is 0 Å². The molecule has 0 unspecified atom stereocenters. The van der Waals surface area contributed by atoms with Crippen molar-refractivity contribution in [3.8, 4) is 0 Å². The first-order valence-corrected chi connectivity index (χ1v) is 5.46. The molecule has 2 heterocycles. The van der Waals surface area contributed by atoms with Crippen molar-refractivity contribution >= 4 is 11.8 Å². The highest BCUT2D eigenvalue weighted by Gasteiger charge is 2.02. The first kappa shape index (κ1) is 11.4. The summed E-state index contributed by atoms with van der Waals surface area (Å²) in [6.07, 6.45) is 3.23. The van der Waals surface area contributed by atoms with Crippen LogP contribution in [0.3, 0.4) is 0 Å². The maximum atomic E-state index is 5.20. The predicted octanol–water partition coefficient (Wildman–Crippen LogP) is 1.90. The lowest BCUT2D eigenvalue weighted by molar-refractivity contribution is 0.517. The number of furan rings is 1. The van der Waals surface area contributed by atoms with Gasteiger partial charge in [0.05, 0.1) is 19.0 Å². The molecule has 0 aliphatic rings. The van der Waals surface area contributed by atoms with Crippen LogP contribution < -0.4 is 10.6 Å². The van der Waals surface area contributed by atoms with Gasteiger partial charge in [-0.25, -0.2) is 0 Å². The molecule has 0 amide bonds. The van der Waals surface area contributed by atoms with Crippen molar-refractivity contribution in [2.75, 3.05) is 10.6 Å². The van der Waals surface area contributed by atoms with Crippen LogP contribution in [0.1, 0.15) is 19.6 Å². The van der Waals surface area contributed by atoms with E-state index >= 15 is 0 Å². The average molecular weight is 233 g/mol. The van der Waals surface area contributed by atoms with Crippen LogP contribution in [0.2, 0.25) is 0 Å². The third-order valence-corrected chi connectivity index (χ3v) is 2.00. The van der Waals surface area contributed by atoms with Gasteiger partial charge in [0.25, 0.3) is 0 Å². The molecule has 0 aliphatic carbocycles. The van der Waals surface area contributed by atoms with Crippen LogP contribution in [0.5, 0.6) is 0 Å². The van der Waals surface area contributed by atoms with Crippen LogP contribution in [-0.2, 0) is 6.54 Å². The monoisotopic (exact) mass is 233 g/mol. The summed E-state index contributed by atoms with van der Waals surface area (Å²) < 4.78 is 5.20. The molecule has 90 valence electrons. The van der Waals surface area contributed by atoms with Gasteiger partial charge in [0.1, 0.15) is 5.76 Å². The molecule has 0 aromatic carbocycles. The summed E-state index contributed by atoms with van der Waals surface area (Å²) in [5, 5.41) is 14.0. The molecule has 0 saturated heterocycles. The molecule has 0 saturated carbocycles. The van der Waals surface area contributed by atoms with Gasteiger partial charge in [-0.2, -0.15) is 10.1 Å². The van der Waals surface area contributed by atoms with Crippen molar-refractivity contribution in [3.05, 3.63) is 30.4 Å². The summed E-state index contributed by atoms with van der Waals surface area (Å²) in [5.41, 5.74) is 0. The maximum absolute atomic E-state index is 5.20. The van der Waals surface area contributed by atoms with Crippen LogP contribution in [0.15, 0.2) is 29.0 Å². The highest BCUT2D eigenvalue weighted by atomic mass is 16.3. The van der Waals surface area contributed by atoms with E-state index in [4.69, 9.17) is 4.42 Å². The number of anilines is 2. The van der Waals surface area contributed by atoms with Gasteiger partial charge < -0.3 is 15.1 Å². The molecule has 2 aromatic rings. The van der Waals surface area contributed by atoms with E-state index in [1.54, 1.807) is 12.5 Å². The number of hydrogen-bond donors (Lipinski definition) is 2. The smallest absolute Gasteiger partial charge is 0.245 e. The summed E-state index contributed by atoms with van der Waals surface area (Å²) in [5.74, 6) is 2.01. The van der Waals surface area contributed by atoms with Gasteiger partial charge in [-0.15, -0.1) is 5.10 Å². The molecule has 6 heteroatoms. The summed E-state index contributed by atoms with van der Waals surface area (Å²) in [6.45, 7) is 4.62. The third-order valence-electron chi connectivity index (χ3n) is 2.00. The Balaban J connectivity index is 1.96. The minimum Gasteiger partial charge on any atom is -0.467 e. The standard InChI is InChI=1S/C11H15N5O/c1-8(2)14-10-7-13-16-11(15-10)12-6-9-4-3-5-17-9/h3-5,7-8H,6H2,1-2H3,(H2,12,14,15,16). The number of nitrogens with one attached hydrogen (secondary N) is 2. The van der Waals surface area contributed by atoms with Crippen molar-refractivity contribution < 1.29 is 4.42 Å². The van der Waals surface area contributed by atoms with E-state index < -0.39 is 0 Å². The molecule has 6 nitrogen and oxygen atoms in total. The lowest BCUT2D eigenvalue weighted by Gasteiger charge is -2.09. The second-order valence-electron chi connectivity index (χ2n) is 3.90. The molecule has 17 heavy (non-hydrogen) atoms. The Kier molecular flexibility index (Phi) is 3.54. The molecule has 0 bridgehead atoms. The number of aromatic nitrogens is 3. The van der Waals surface area contributed by atoms with Gasteiger partial charge in [0.15, 0.2) is 5.82 Å². The van der Waals surface area contributed by atoms with Crippen LogP contribution in [-0.4, -0.2) is 21.2 Å². The first-order chi connectivity index (χ1) is 8.24. The average Bonchev–Trinajstić information content (AvgIpc) is 2.79. The van der Waals surface area contributed by atoms with Crippen molar-refractivity contribution in [3.63, 3.8) is 0 Å². The highest BCUT2D eigenvalue weighted by Crippen LogP contribution is 2.07. The molecule has 0 spiro atoms. The van der Waals surface area contributed by atoms with Gasteiger partial charge >= 0.3 is 0 Å². The zero-order valence-corrected chi connectivity index (χ0v) is 9.84. The first-order valence-electron chi connectivity index (χ1n) is 5.46. The fraction of sp³-hybridized carbons (Fsp3) is 0.364. The SMILES string of the molecule is CC(C)Nc1cnnc(NCc2ccco2)n1. The molecular formula is C11H15N5O. The Hall–Kier alpha value is -2.11. The quantitative estimate of drug-likeness (QED) is 0.821. The van der Waals surface area contributed by atoms with Gasteiger partial charge in [-0.3, -0.25) is 0 Å². The number of nitrogens with zero attached hydrogens (tertiary/aromatic N) is 3. The van der Waals surface area contributed by atoms with Gasteiger partial charge in [-0.05, 0) is 26.0 Å². The van der Waals surface area contributed by atoms with E-state index in [1.165, 1.54) is 0 Å². The van der Waals surface area contributed by atoms with Crippen LogP contribution in [0.4, 0.5) is 11.8 Å². The fourth-order valence-corrected chi connectivity index (χ4v) is 1.32. The van der Waals surface area contributed by atoms with Gasteiger partial charge in [0, 0.05) is 6.04 Å². The van der Waals surface area contributed by atoms with Crippen molar-refractivity contribution in [2.24, 2.45) is 0 Å². The largest absolute Gasteiger partial charge is 0.467 e. The lowest BCUT2D eigenvalue weighted by atomic mass is 10.4. The topological polar surface area (TPSA) is 75.9 Å². The van der Waals surface area contributed by atoms with Crippen molar-refractivity contribution in [1.29, 1.82) is 0 Å². The van der Waals surface area contributed by atoms with E-state index in [1.807, 2.05) is 26.0 Å². The predicted molar refractivity (Wildman–Crippen MR) is 64.6 cm³/mol. The molecular weight excluding hydrogens is 218 g/mol. The van der Waals surface area contributed by atoms with E-state index in [-0.39, 0.29) is 0 Å². The zero-order valence-electron chi connectivity index (χ0n) is 9.84. The Labute approximate surface area is 99.5 Å². The second-order valence-corrected chi connectivity index (χ2v) is 3.90. The van der Waals surface area contributed by atoms with E-state index in [9.17, 15) is 0 Å². The maximum Gasteiger partial charge on any atom is 0.245 e. The number of rotatable bonds is 5. The molecule has 0 fully saturated rings. The second kappa shape index (κ2) is 5.29. The highest BCUT2D eigenvalue weighted by molar-refractivity contribution is 5.37. The Morgan fingerprint density at radius 3 is 3.00 bits per heavy atom. The molecule has 0 atom stereocenters. The molecule has 2 N–H and O–H groups in total. The number of hydrogen-bond acceptors (Lipinski definition) is 6. The van der Waals surface area contributed by atoms with Crippen molar-refractivity contribution in [2.45, 2.75) is 26.4 Å². The molecule has 0 radical (unpaired) electrons. The Morgan fingerprint density at radius 2 is 2.29 bits per heavy atom. The third kappa shape index (κ3) is 3.44. The van der Waals surface area contributed by atoms with Crippen LogP contribution >= 0.6 is 0 Å². The minimum absolute atomic E-state index is 0.310. The van der Waals surface area contributed by atoms with Crippen LogP contribution in [0.25, 0.3) is 0 Å².